The topological polar surface area (TPSA) is 37.3 Å². The van der Waals surface area contributed by atoms with Gasteiger partial charge in [0.1, 0.15) is 4.88 Å². The molecule has 1 aromatic heterocycles. The van der Waals surface area contributed by atoms with Crippen LogP contribution >= 0.6 is 27.3 Å². The molecule has 0 spiro atoms. The van der Waals surface area contributed by atoms with E-state index in [1.165, 1.54) is 11.3 Å². The average molecular weight is 263 g/mol. The number of halogens is 1. The number of thiophene rings is 1. The van der Waals surface area contributed by atoms with E-state index >= 15 is 0 Å². The summed E-state index contributed by atoms with van der Waals surface area (Å²) >= 11 is 4.72. The SMILES string of the molecule is CCCCc1sc(C(=O)O)cc1Br. The van der Waals surface area contributed by atoms with E-state index in [9.17, 15) is 4.79 Å². The minimum Gasteiger partial charge on any atom is -0.477 e. The minimum atomic E-state index is -0.839. The van der Waals surface area contributed by atoms with Gasteiger partial charge < -0.3 is 5.11 Å². The highest BCUT2D eigenvalue weighted by atomic mass is 79.9. The molecule has 1 aromatic rings. The maximum absolute atomic E-state index is 10.6. The van der Waals surface area contributed by atoms with E-state index in [1.807, 2.05) is 0 Å². The Morgan fingerprint density at radius 2 is 2.38 bits per heavy atom. The van der Waals surface area contributed by atoms with Crippen LogP contribution in [0, 0.1) is 0 Å². The molecule has 0 aliphatic heterocycles. The molecule has 0 aromatic carbocycles. The standard InChI is InChI=1S/C9H11BrO2S/c1-2-3-4-7-6(10)5-8(13-7)9(11)12/h5H,2-4H2,1H3,(H,11,12). The average Bonchev–Trinajstić information content (AvgIpc) is 2.44. The normalized spacial score (nSPS) is 10.3. The second-order valence-electron chi connectivity index (χ2n) is 2.79. The Morgan fingerprint density at radius 3 is 2.85 bits per heavy atom. The number of rotatable bonds is 4. The van der Waals surface area contributed by atoms with Crippen LogP contribution in [0.15, 0.2) is 10.5 Å². The molecule has 0 amide bonds. The van der Waals surface area contributed by atoms with Crippen LogP contribution in [0.2, 0.25) is 0 Å². The number of aryl methyl sites for hydroxylation is 1. The van der Waals surface area contributed by atoms with E-state index in [-0.39, 0.29) is 0 Å². The third-order valence-corrected chi connectivity index (χ3v) is 3.88. The maximum atomic E-state index is 10.6. The number of unbranched alkanes of at least 4 members (excludes halogenated alkanes) is 1. The second-order valence-corrected chi connectivity index (χ2v) is 4.78. The van der Waals surface area contributed by atoms with Crippen molar-refractivity contribution in [2.24, 2.45) is 0 Å². The first-order chi connectivity index (χ1) is 6.15. The minimum absolute atomic E-state index is 0.415. The Hall–Kier alpha value is -0.350. The molecule has 1 heterocycles. The van der Waals surface area contributed by atoms with Gasteiger partial charge in [0.15, 0.2) is 0 Å². The quantitative estimate of drug-likeness (QED) is 0.901. The fourth-order valence-electron chi connectivity index (χ4n) is 1.02. The van der Waals surface area contributed by atoms with Crippen LogP contribution in [0.3, 0.4) is 0 Å². The van der Waals surface area contributed by atoms with Gasteiger partial charge in [-0.05, 0) is 34.8 Å². The molecule has 0 saturated carbocycles. The first-order valence-corrected chi connectivity index (χ1v) is 5.77. The van der Waals surface area contributed by atoms with Gasteiger partial charge in [-0.3, -0.25) is 0 Å². The van der Waals surface area contributed by atoms with Crippen LogP contribution < -0.4 is 0 Å². The highest BCUT2D eigenvalue weighted by molar-refractivity contribution is 9.10. The Morgan fingerprint density at radius 1 is 1.69 bits per heavy atom. The van der Waals surface area contributed by atoms with E-state index in [1.54, 1.807) is 6.07 Å². The van der Waals surface area contributed by atoms with Gasteiger partial charge in [-0.15, -0.1) is 11.3 Å². The van der Waals surface area contributed by atoms with Crippen molar-refractivity contribution in [2.45, 2.75) is 26.2 Å². The molecule has 1 rings (SSSR count). The van der Waals surface area contributed by atoms with Crippen LogP contribution in [0.4, 0.5) is 0 Å². The second kappa shape index (κ2) is 4.77. The fourth-order valence-corrected chi connectivity index (χ4v) is 2.77. The predicted octanol–water partition coefficient (Wildman–Crippen LogP) is 3.55. The van der Waals surface area contributed by atoms with Crippen LogP contribution in [0.1, 0.15) is 34.3 Å². The molecule has 0 unspecified atom stereocenters. The van der Waals surface area contributed by atoms with Crippen LogP contribution in [0.25, 0.3) is 0 Å². The molecule has 0 aliphatic carbocycles. The third-order valence-electron chi connectivity index (χ3n) is 1.73. The molecule has 0 aliphatic rings. The third kappa shape index (κ3) is 2.81. The Bertz CT molecular complexity index is 307. The summed E-state index contributed by atoms with van der Waals surface area (Å²) in [6.07, 6.45) is 3.21. The summed E-state index contributed by atoms with van der Waals surface area (Å²) in [5, 5.41) is 8.74. The molecule has 72 valence electrons. The zero-order valence-electron chi connectivity index (χ0n) is 7.34. The lowest BCUT2D eigenvalue weighted by atomic mass is 10.2. The molecule has 4 heteroatoms. The highest BCUT2D eigenvalue weighted by Crippen LogP contribution is 2.28. The highest BCUT2D eigenvalue weighted by Gasteiger charge is 2.11. The van der Waals surface area contributed by atoms with E-state index < -0.39 is 5.97 Å². The van der Waals surface area contributed by atoms with E-state index in [2.05, 4.69) is 22.9 Å². The first-order valence-electron chi connectivity index (χ1n) is 4.16. The smallest absolute Gasteiger partial charge is 0.345 e. The summed E-state index contributed by atoms with van der Waals surface area (Å²) in [5.41, 5.74) is 0. The van der Waals surface area contributed by atoms with Gasteiger partial charge in [0.2, 0.25) is 0 Å². The van der Waals surface area contributed by atoms with Gasteiger partial charge in [0.05, 0.1) is 0 Å². The van der Waals surface area contributed by atoms with Gasteiger partial charge in [-0.2, -0.15) is 0 Å². The summed E-state index contributed by atoms with van der Waals surface area (Å²) in [7, 11) is 0. The zero-order chi connectivity index (χ0) is 9.84. The fraction of sp³-hybridized carbons (Fsp3) is 0.444. The Labute approximate surface area is 89.7 Å². The molecule has 13 heavy (non-hydrogen) atoms. The van der Waals surface area contributed by atoms with Crippen molar-refractivity contribution in [3.8, 4) is 0 Å². The Balaban J connectivity index is 2.77. The summed E-state index contributed by atoms with van der Waals surface area (Å²) in [6.45, 7) is 2.12. The molecule has 0 atom stereocenters. The lowest BCUT2D eigenvalue weighted by molar-refractivity contribution is 0.0702. The van der Waals surface area contributed by atoms with Crippen molar-refractivity contribution in [3.05, 3.63) is 20.3 Å². The van der Waals surface area contributed by atoms with Crippen molar-refractivity contribution in [3.63, 3.8) is 0 Å². The molecule has 2 nitrogen and oxygen atoms in total. The number of carboxylic acid groups (broad SMARTS) is 1. The zero-order valence-corrected chi connectivity index (χ0v) is 9.74. The molecule has 1 N–H and O–H groups in total. The summed E-state index contributed by atoms with van der Waals surface area (Å²) in [5.74, 6) is -0.839. The van der Waals surface area contributed by atoms with Gasteiger partial charge in [0.25, 0.3) is 0 Å². The monoisotopic (exact) mass is 262 g/mol. The van der Waals surface area contributed by atoms with E-state index in [0.717, 1.165) is 28.6 Å². The number of hydrogen-bond acceptors (Lipinski definition) is 2. The molecular formula is C9H11BrO2S. The van der Waals surface area contributed by atoms with Gasteiger partial charge in [-0.1, -0.05) is 13.3 Å². The summed E-state index contributed by atoms with van der Waals surface area (Å²) in [6, 6.07) is 1.68. The lowest BCUT2D eigenvalue weighted by Crippen LogP contribution is -1.89. The number of hydrogen-bond donors (Lipinski definition) is 1. The number of aromatic carboxylic acids is 1. The van der Waals surface area contributed by atoms with Gasteiger partial charge in [-0.25, -0.2) is 4.79 Å². The molecule has 0 bridgehead atoms. The maximum Gasteiger partial charge on any atom is 0.345 e. The van der Waals surface area contributed by atoms with Crippen LogP contribution in [0.5, 0.6) is 0 Å². The van der Waals surface area contributed by atoms with Crippen LogP contribution in [-0.2, 0) is 6.42 Å². The predicted molar refractivity (Wildman–Crippen MR) is 57.6 cm³/mol. The molecule has 0 fully saturated rings. The van der Waals surface area contributed by atoms with E-state index in [0.29, 0.717) is 4.88 Å². The first kappa shape index (κ1) is 10.7. The molecular weight excluding hydrogens is 252 g/mol. The molecule has 0 radical (unpaired) electrons. The van der Waals surface area contributed by atoms with Gasteiger partial charge in [0, 0.05) is 9.35 Å². The Kier molecular flexibility index (Phi) is 3.93. The number of carboxylic acids is 1. The van der Waals surface area contributed by atoms with Gasteiger partial charge >= 0.3 is 5.97 Å². The van der Waals surface area contributed by atoms with Crippen molar-refractivity contribution in [1.82, 2.24) is 0 Å². The van der Waals surface area contributed by atoms with Crippen LogP contribution in [-0.4, -0.2) is 11.1 Å². The molecule has 0 saturated heterocycles. The largest absolute Gasteiger partial charge is 0.477 e. The summed E-state index contributed by atoms with van der Waals surface area (Å²) < 4.78 is 0.934. The number of carbonyl (C=O) groups is 1. The van der Waals surface area contributed by atoms with E-state index in [4.69, 9.17) is 5.11 Å². The lowest BCUT2D eigenvalue weighted by Gasteiger charge is -1.94. The van der Waals surface area contributed by atoms with Crippen molar-refractivity contribution < 1.29 is 9.90 Å². The van der Waals surface area contributed by atoms with Crippen molar-refractivity contribution in [2.75, 3.05) is 0 Å². The van der Waals surface area contributed by atoms with Crippen molar-refractivity contribution in [1.29, 1.82) is 0 Å². The van der Waals surface area contributed by atoms with Crippen molar-refractivity contribution >= 4 is 33.2 Å². The summed E-state index contributed by atoms with van der Waals surface area (Å²) in [4.78, 5) is 12.2.